The van der Waals surface area contributed by atoms with Crippen molar-refractivity contribution in [3.8, 4) is 0 Å². The average molecular weight is 348 g/mol. The van der Waals surface area contributed by atoms with E-state index in [1.165, 1.54) is 0 Å². The molecule has 2 saturated heterocycles. The van der Waals surface area contributed by atoms with Gasteiger partial charge in [0.2, 0.25) is 5.91 Å². The Morgan fingerprint density at radius 2 is 2.20 bits per heavy atom. The zero-order valence-electron chi connectivity index (χ0n) is 15.1. The Morgan fingerprint density at radius 1 is 1.40 bits per heavy atom. The van der Waals surface area contributed by atoms with Gasteiger partial charge in [-0.05, 0) is 25.2 Å². The van der Waals surface area contributed by atoms with E-state index in [1.807, 2.05) is 18.1 Å². The van der Waals surface area contributed by atoms with E-state index in [2.05, 4.69) is 15.4 Å². The Bertz CT molecular complexity index is 608. The quantitative estimate of drug-likeness (QED) is 0.632. The van der Waals surface area contributed by atoms with Gasteiger partial charge in [0, 0.05) is 53.1 Å². The van der Waals surface area contributed by atoms with Crippen molar-refractivity contribution >= 4 is 17.6 Å². The smallest absolute Gasteiger partial charge is 0.246 e. The second-order valence-electron chi connectivity index (χ2n) is 6.66. The molecule has 0 bridgehead atoms. The molecule has 0 aliphatic carbocycles. The number of guanidine groups is 1. The maximum absolute atomic E-state index is 12.5. The van der Waals surface area contributed by atoms with Crippen LogP contribution < -0.4 is 10.2 Å². The number of carbonyl (C=O) groups is 1. The number of hydrogen-bond acceptors (Lipinski definition) is 4. The van der Waals surface area contributed by atoms with Crippen molar-refractivity contribution in [2.75, 3.05) is 51.3 Å². The highest BCUT2D eigenvalue weighted by atomic mass is 16.5. The largest absolute Gasteiger partial charge is 0.381 e. The number of aryl methyl sites for hydroxylation is 1. The molecule has 2 fully saturated rings. The molecule has 3 heterocycles. The molecular weight excluding hydrogens is 320 g/mol. The zero-order chi connectivity index (χ0) is 17.6. The molecule has 1 aromatic heterocycles. The fraction of sp³-hybridized carbons (Fsp3) is 0.706. The number of hydrogen-bond donors (Lipinski definition) is 1. The lowest BCUT2D eigenvalue weighted by atomic mass is 9.97. The van der Waals surface area contributed by atoms with Crippen LogP contribution in [0.5, 0.6) is 0 Å². The summed E-state index contributed by atoms with van der Waals surface area (Å²) in [5, 5.41) is 7.56. The van der Waals surface area contributed by atoms with E-state index >= 15 is 0 Å². The Kier molecular flexibility index (Phi) is 5.91. The van der Waals surface area contributed by atoms with E-state index in [-0.39, 0.29) is 5.91 Å². The van der Waals surface area contributed by atoms with Gasteiger partial charge in [0.1, 0.15) is 6.54 Å². The molecule has 2 aliphatic rings. The summed E-state index contributed by atoms with van der Waals surface area (Å²) in [6.07, 6.45) is 7.00. The normalized spacial score (nSPS) is 20.2. The van der Waals surface area contributed by atoms with Crippen LogP contribution >= 0.6 is 0 Å². The molecule has 1 N–H and O–H groups in total. The molecule has 1 amide bonds. The third kappa shape index (κ3) is 4.50. The predicted molar refractivity (Wildman–Crippen MR) is 96.7 cm³/mol. The number of nitrogens with zero attached hydrogens (tertiary/aromatic N) is 5. The molecule has 8 nitrogen and oxygen atoms in total. The van der Waals surface area contributed by atoms with Gasteiger partial charge in [-0.15, -0.1) is 0 Å². The maximum atomic E-state index is 12.5. The van der Waals surface area contributed by atoms with E-state index < -0.39 is 0 Å². The molecule has 2 aliphatic heterocycles. The minimum Gasteiger partial charge on any atom is -0.381 e. The van der Waals surface area contributed by atoms with Crippen LogP contribution in [0.25, 0.3) is 0 Å². The van der Waals surface area contributed by atoms with Crippen molar-refractivity contribution in [2.45, 2.75) is 19.3 Å². The maximum Gasteiger partial charge on any atom is 0.246 e. The summed E-state index contributed by atoms with van der Waals surface area (Å²) in [6.45, 7) is 4.39. The number of aromatic nitrogens is 2. The highest BCUT2D eigenvalue weighted by Gasteiger charge is 2.27. The summed E-state index contributed by atoms with van der Waals surface area (Å²) >= 11 is 0. The van der Waals surface area contributed by atoms with Gasteiger partial charge in [-0.3, -0.25) is 14.5 Å². The van der Waals surface area contributed by atoms with Crippen molar-refractivity contribution in [1.29, 1.82) is 0 Å². The fourth-order valence-corrected chi connectivity index (χ4v) is 3.43. The average Bonchev–Trinajstić information content (AvgIpc) is 3.05. The minimum absolute atomic E-state index is 0.0756. The topological polar surface area (TPSA) is 75.0 Å². The van der Waals surface area contributed by atoms with Crippen LogP contribution in [0.15, 0.2) is 17.4 Å². The van der Waals surface area contributed by atoms with Gasteiger partial charge in [0.15, 0.2) is 5.96 Å². The van der Waals surface area contributed by atoms with Crippen molar-refractivity contribution in [2.24, 2.45) is 18.0 Å². The number of piperazine rings is 1. The van der Waals surface area contributed by atoms with Gasteiger partial charge in [-0.2, -0.15) is 5.10 Å². The van der Waals surface area contributed by atoms with Crippen LogP contribution in [0.1, 0.15) is 19.3 Å². The molecule has 0 aromatic carbocycles. The molecule has 138 valence electrons. The highest BCUT2D eigenvalue weighted by molar-refractivity contribution is 5.98. The van der Waals surface area contributed by atoms with E-state index in [0.717, 1.165) is 63.1 Å². The second kappa shape index (κ2) is 8.33. The number of anilines is 1. The number of ether oxygens (including phenoxy) is 1. The van der Waals surface area contributed by atoms with Gasteiger partial charge in [-0.1, -0.05) is 0 Å². The summed E-state index contributed by atoms with van der Waals surface area (Å²) in [7, 11) is 3.63. The summed E-state index contributed by atoms with van der Waals surface area (Å²) in [5.74, 6) is 1.61. The lowest BCUT2D eigenvalue weighted by Crippen LogP contribution is -2.55. The number of carbonyl (C=O) groups excluding carboxylic acids is 1. The van der Waals surface area contributed by atoms with Gasteiger partial charge < -0.3 is 19.9 Å². The Balaban J connectivity index is 1.48. The molecule has 25 heavy (non-hydrogen) atoms. The van der Waals surface area contributed by atoms with Gasteiger partial charge >= 0.3 is 0 Å². The zero-order valence-corrected chi connectivity index (χ0v) is 15.1. The molecule has 0 radical (unpaired) electrons. The predicted octanol–water partition coefficient (Wildman–Crippen LogP) is 0.461. The third-order valence-corrected chi connectivity index (χ3v) is 4.91. The van der Waals surface area contributed by atoms with Crippen LogP contribution in [0.4, 0.5) is 5.69 Å². The molecule has 3 rings (SSSR count). The van der Waals surface area contributed by atoms with Crippen molar-refractivity contribution in [3.05, 3.63) is 12.4 Å². The van der Waals surface area contributed by atoms with Gasteiger partial charge in [0.25, 0.3) is 0 Å². The summed E-state index contributed by atoms with van der Waals surface area (Å²) in [5.41, 5.74) is 0.856. The standard InChI is InChI=1S/C17H28N6O2/c1-18-17(19-6-3-14-4-9-25-10-5-14)22-7-8-23(16(24)13-22)15-11-20-21(2)12-15/h11-12,14H,3-10,13H2,1-2H3,(H,18,19). The first kappa shape index (κ1) is 17.7. The minimum atomic E-state index is 0.0756. The van der Waals surface area contributed by atoms with Crippen molar-refractivity contribution in [3.63, 3.8) is 0 Å². The van der Waals surface area contributed by atoms with Crippen molar-refractivity contribution < 1.29 is 9.53 Å². The molecular formula is C17H28N6O2. The summed E-state index contributed by atoms with van der Waals surface area (Å²) in [6, 6.07) is 0. The first-order valence-corrected chi connectivity index (χ1v) is 8.99. The SMILES string of the molecule is CN=C(NCCC1CCOCC1)N1CCN(c2cnn(C)c2)C(=O)C1. The van der Waals surface area contributed by atoms with Crippen LogP contribution in [0.2, 0.25) is 0 Å². The highest BCUT2D eigenvalue weighted by Crippen LogP contribution is 2.18. The molecule has 0 saturated carbocycles. The van der Waals surface area contributed by atoms with Crippen LogP contribution in [0.3, 0.4) is 0 Å². The number of aliphatic imine (C=N–C) groups is 1. The second-order valence-corrected chi connectivity index (χ2v) is 6.66. The molecule has 0 unspecified atom stereocenters. The van der Waals surface area contributed by atoms with Crippen LogP contribution in [-0.2, 0) is 16.6 Å². The van der Waals surface area contributed by atoms with E-state index in [9.17, 15) is 4.79 Å². The molecule has 1 aromatic rings. The van der Waals surface area contributed by atoms with Gasteiger partial charge in [0.05, 0.1) is 11.9 Å². The first-order chi connectivity index (χ1) is 12.2. The molecule has 8 heteroatoms. The van der Waals surface area contributed by atoms with Crippen molar-refractivity contribution in [1.82, 2.24) is 20.0 Å². The Labute approximate surface area is 148 Å². The van der Waals surface area contributed by atoms with E-state index in [0.29, 0.717) is 13.1 Å². The molecule has 0 atom stereocenters. The summed E-state index contributed by atoms with van der Waals surface area (Å²) < 4.78 is 7.12. The van der Waals surface area contributed by atoms with E-state index in [1.54, 1.807) is 22.8 Å². The van der Waals surface area contributed by atoms with Crippen LogP contribution in [-0.4, -0.2) is 73.0 Å². The number of nitrogens with one attached hydrogen (secondary N) is 1. The van der Waals surface area contributed by atoms with Crippen LogP contribution in [0, 0.1) is 5.92 Å². The first-order valence-electron chi connectivity index (χ1n) is 8.99. The lowest BCUT2D eigenvalue weighted by Gasteiger charge is -2.35. The monoisotopic (exact) mass is 348 g/mol. The Hall–Kier alpha value is -2.09. The molecule has 0 spiro atoms. The third-order valence-electron chi connectivity index (χ3n) is 4.91. The van der Waals surface area contributed by atoms with Gasteiger partial charge in [-0.25, -0.2) is 0 Å². The number of amides is 1. The Morgan fingerprint density at radius 3 is 2.84 bits per heavy atom. The van der Waals surface area contributed by atoms with E-state index in [4.69, 9.17) is 4.74 Å². The lowest BCUT2D eigenvalue weighted by molar-refractivity contribution is -0.120. The number of rotatable bonds is 4. The fourth-order valence-electron chi connectivity index (χ4n) is 3.43. The summed E-state index contributed by atoms with van der Waals surface area (Å²) in [4.78, 5) is 20.7.